The maximum atomic E-state index is 12.6. The minimum absolute atomic E-state index is 0.0660. The van der Waals surface area contributed by atoms with Gasteiger partial charge < -0.3 is 4.90 Å². The maximum Gasteiger partial charge on any atom is 0.446 e. The van der Waals surface area contributed by atoms with Gasteiger partial charge in [0.1, 0.15) is 0 Å². The summed E-state index contributed by atoms with van der Waals surface area (Å²) in [6.07, 6.45) is 0. The van der Waals surface area contributed by atoms with Crippen LogP contribution in [0.2, 0.25) is 0 Å². The Morgan fingerprint density at radius 2 is 1.61 bits per heavy atom. The number of thioether (sulfide) groups is 1. The molecule has 0 unspecified atom stereocenters. The van der Waals surface area contributed by atoms with Crippen LogP contribution in [0.5, 0.6) is 0 Å². The Labute approximate surface area is 165 Å². The van der Waals surface area contributed by atoms with Gasteiger partial charge in [0.15, 0.2) is 0 Å². The molecule has 1 saturated heterocycles. The molecule has 1 aliphatic heterocycles. The molecule has 1 fully saturated rings. The number of halogens is 3. The second-order valence-electron chi connectivity index (χ2n) is 6.45. The molecule has 0 N–H and O–H groups in total. The number of amides is 1. The number of carbonyl (C=O) groups is 1. The first-order valence-electron chi connectivity index (χ1n) is 8.70. The fourth-order valence-corrected chi connectivity index (χ4v) is 3.57. The summed E-state index contributed by atoms with van der Waals surface area (Å²) in [5.74, 6) is -0.165. The van der Waals surface area contributed by atoms with E-state index in [2.05, 4.69) is 11.0 Å². The first kappa shape index (κ1) is 20.2. The van der Waals surface area contributed by atoms with Crippen LogP contribution in [0.3, 0.4) is 0 Å². The smallest absolute Gasteiger partial charge is 0.336 e. The van der Waals surface area contributed by atoms with Gasteiger partial charge in [-0.3, -0.25) is 9.69 Å². The average molecular weight is 405 g/mol. The third-order valence-electron chi connectivity index (χ3n) is 4.48. The Morgan fingerprint density at radius 1 is 1.00 bits per heavy atom. The molecule has 1 heterocycles. The summed E-state index contributed by atoms with van der Waals surface area (Å²) in [6.45, 7) is 3.31. The maximum absolute atomic E-state index is 12.6. The van der Waals surface area contributed by atoms with E-state index in [9.17, 15) is 18.0 Å². The second kappa shape index (κ2) is 8.67. The predicted molar refractivity (Wildman–Crippen MR) is 101 cm³/mol. The van der Waals surface area contributed by atoms with E-state index in [4.69, 9.17) is 5.26 Å². The van der Waals surface area contributed by atoms with Gasteiger partial charge in [-0.05, 0) is 53.7 Å². The van der Waals surface area contributed by atoms with E-state index >= 15 is 0 Å². The molecule has 0 radical (unpaired) electrons. The summed E-state index contributed by atoms with van der Waals surface area (Å²) in [5.41, 5.74) is -2.21. The lowest BCUT2D eigenvalue weighted by atomic mass is 10.1. The number of hydrogen-bond acceptors (Lipinski definition) is 4. The number of nitriles is 1. The van der Waals surface area contributed by atoms with Crippen molar-refractivity contribution in [3.63, 3.8) is 0 Å². The minimum Gasteiger partial charge on any atom is -0.336 e. The summed E-state index contributed by atoms with van der Waals surface area (Å²) in [5, 5.41) is 8.84. The minimum atomic E-state index is -4.34. The van der Waals surface area contributed by atoms with E-state index in [-0.39, 0.29) is 22.6 Å². The molecule has 0 atom stereocenters. The molecule has 28 heavy (non-hydrogen) atoms. The van der Waals surface area contributed by atoms with E-state index in [1.54, 1.807) is 17.0 Å². The van der Waals surface area contributed by atoms with Crippen LogP contribution in [0.25, 0.3) is 0 Å². The number of rotatable bonds is 4. The highest BCUT2D eigenvalue weighted by Gasteiger charge is 2.29. The van der Waals surface area contributed by atoms with Crippen molar-refractivity contribution < 1.29 is 18.0 Å². The molecule has 0 saturated carbocycles. The van der Waals surface area contributed by atoms with Crippen molar-refractivity contribution in [2.75, 3.05) is 26.2 Å². The lowest BCUT2D eigenvalue weighted by molar-refractivity contribution is -0.0328. The van der Waals surface area contributed by atoms with Crippen LogP contribution in [0.1, 0.15) is 21.5 Å². The molecule has 0 bridgehead atoms. The number of benzene rings is 2. The predicted octanol–water partition coefficient (Wildman–Crippen LogP) is 4.13. The Kier molecular flexibility index (Phi) is 6.27. The third-order valence-corrected chi connectivity index (χ3v) is 5.22. The third kappa shape index (κ3) is 5.50. The number of hydrogen-bond donors (Lipinski definition) is 0. The van der Waals surface area contributed by atoms with Crippen molar-refractivity contribution in [3.8, 4) is 6.07 Å². The lowest BCUT2D eigenvalue weighted by Gasteiger charge is -2.34. The zero-order valence-electron chi connectivity index (χ0n) is 14.9. The first-order chi connectivity index (χ1) is 13.3. The van der Waals surface area contributed by atoms with Gasteiger partial charge in [0, 0.05) is 43.2 Å². The summed E-state index contributed by atoms with van der Waals surface area (Å²) >= 11 is -0.189. The van der Waals surface area contributed by atoms with E-state index < -0.39 is 5.51 Å². The van der Waals surface area contributed by atoms with E-state index in [1.165, 1.54) is 24.3 Å². The summed E-state index contributed by atoms with van der Waals surface area (Å²) in [7, 11) is 0. The molecule has 2 aromatic carbocycles. The molecule has 1 aliphatic rings. The van der Waals surface area contributed by atoms with Crippen LogP contribution >= 0.6 is 11.8 Å². The van der Waals surface area contributed by atoms with Gasteiger partial charge in [0.25, 0.3) is 5.91 Å². The molecule has 146 valence electrons. The number of piperazine rings is 1. The van der Waals surface area contributed by atoms with Crippen LogP contribution in [0, 0.1) is 11.3 Å². The van der Waals surface area contributed by atoms with Crippen LogP contribution in [-0.2, 0) is 6.54 Å². The van der Waals surface area contributed by atoms with Crippen LogP contribution in [0.15, 0.2) is 53.4 Å². The Hall–Kier alpha value is -2.50. The molecule has 4 nitrogen and oxygen atoms in total. The van der Waals surface area contributed by atoms with Crippen LogP contribution in [-0.4, -0.2) is 47.4 Å². The van der Waals surface area contributed by atoms with Gasteiger partial charge in [0.05, 0.1) is 11.6 Å². The Bertz CT molecular complexity index is 852. The van der Waals surface area contributed by atoms with Crippen molar-refractivity contribution in [2.24, 2.45) is 0 Å². The highest BCUT2D eigenvalue weighted by Crippen LogP contribution is 2.36. The lowest BCUT2D eigenvalue weighted by Crippen LogP contribution is -2.48. The van der Waals surface area contributed by atoms with Gasteiger partial charge in [-0.25, -0.2) is 0 Å². The fourth-order valence-electron chi connectivity index (χ4n) is 3.03. The Morgan fingerprint density at radius 3 is 2.14 bits per heavy atom. The van der Waals surface area contributed by atoms with Crippen LogP contribution in [0.4, 0.5) is 13.2 Å². The van der Waals surface area contributed by atoms with Crippen molar-refractivity contribution >= 4 is 17.7 Å². The van der Waals surface area contributed by atoms with E-state index in [0.29, 0.717) is 37.3 Å². The quantitative estimate of drug-likeness (QED) is 0.718. The van der Waals surface area contributed by atoms with Gasteiger partial charge in [-0.15, -0.1) is 0 Å². The zero-order chi connectivity index (χ0) is 20.1. The normalized spacial score (nSPS) is 15.3. The van der Waals surface area contributed by atoms with Crippen LogP contribution < -0.4 is 0 Å². The topological polar surface area (TPSA) is 47.3 Å². The summed E-state index contributed by atoms with van der Waals surface area (Å²) in [6, 6.07) is 15.1. The fraction of sp³-hybridized carbons (Fsp3) is 0.300. The summed E-state index contributed by atoms with van der Waals surface area (Å²) < 4.78 is 37.2. The molecule has 2 aromatic rings. The molecule has 0 aromatic heterocycles. The van der Waals surface area contributed by atoms with Gasteiger partial charge in [-0.2, -0.15) is 18.4 Å². The highest BCUT2D eigenvalue weighted by molar-refractivity contribution is 8.00. The average Bonchev–Trinajstić information content (AvgIpc) is 2.68. The number of alkyl halides is 3. The molecular formula is C20H18F3N3OS. The van der Waals surface area contributed by atoms with Crippen molar-refractivity contribution in [1.82, 2.24) is 9.80 Å². The SMILES string of the molecule is N#Cc1ccc(CN2CCN(C(=O)c3ccc(SC(F)(F)F)cc3)CC2)cc1. The molecular weight excluding hydrogens is 387 g/mol. The largest absolute Gasteiger partial charge is 0.446 e. The highest BCUT2D eigenvalue weighted by atomic mass is 32.2. The monoisotopic (exact) mass is 405 g/mol. The first-order valence-corrected chi connectivity index (χ1v) is 9.52. The molecule has 3 rings (SSSR count). The molecule has 1 amide bonds. The van der Waals surface area contributed by atoms with E-state index in [1.807, 2.05) is 12.1 Å². The summed E-state index contributed by atoms with van der Waals surface area (Å²) in [4.78, 5) is 16.6. The van der Waals surface area contributed by atoms with E-state index in [0.717, 1.165) is 12.1 Å². The van der Waals surface area contributed by atoms with Gasteiger partial charge in [0.2, 0.25) is 0 Å². The molecule has 0 aliphatic carbocycles. The molecule has 0 spiro atoms. The second-order valence-corrected chi connectivity index (χ2v) is 7.59. The van der Waals surface area contributed by atoms with Gasteiger partial charge in [-0.1, -0.05) is 12.1 Å². The Balaban J connectivity index is 1.52. The van der Waals surface area contributed by atoms with Crippen molar-refractivity contribution in [3.05, 3.63) is 65.2 Å². The standard InChI is InChI=1S/C20H18F3N3OS/c21-20(22,23)28-18-7-5-17(6-8-18)19(27)26-11-9-25(10-12-26)14-16-3-1-15(13-24)2-4-16/h1-8H,9-12,14H2. The molecule has 8 heteroatoms. The number of nitrogens with zero attached hydrogens (tertiary/aromatic N) is 3. The van der Waals surface area contributed by atoms with Crippen molar-refractivity contribution in [2.45, 2.75) is 16.9 Å². The zero-order valence-corrected chi connectivity index (χ0v) is 15.8. The number of carbonyl (C=O) groups excluding carboxylic acids is 1. The van der Waals surface area contributed by atoms with Crippen molar-refractivity contribution in [1.29, 1.82) is 5.26 Å². The van der Waals surface area contributed by atoms with Gasteiger partial charge >= 0.3 is 5.51 Å².